The maximum absolute atomic E-state index is 11.5. The number of ketones is 1. The summed E-state index contributed by atoms with van der Waals surface area (Å²) in [5.41, 5.74) is 1.27. The van der Waals surface area contributed by atoms with Crippen LogP contribution in [-0.4, -0.2) is 26.6 Å². The molecule has 0 amide bonds. The summed E-state index contributed by atoms with van der Waals surface area (Å²) in [5, 5.41) is 12.3. The number of carboxylic acid groups (broad SMARTS) is 1. The van der Waals surface area contributed by atoms with E-state index in [1.165, 1.54) is 6.20 Å². The second kappa shape index (κ2) is 4.04. The number of hydrogen-bond acceptors (Lipinski definition) is 3. The van der Waals surface area contributed by atoms with Gasteiger partial charge in [0.25, 0.3) is 0 Å². The van der Waals surface area contributed by atoms with Gasteiger partial charge >= 0.3 is 5.97 Å². The molecule has 0 aliphatic heterocycles. The lowest BCUT2D eigenvalue weighted by Gasteiger charge is -1.98. The number of aromatic nitrogens is 2. The molecule has 1 rings (SSSR count). The molecular formula is C9H12N2O3. The summed E-state index contributed by atoms with van der Waals surface area (Å²) < 4.78 is 1.59. The molecule has 1 heterocycles. The molecule has 14 heavy (non-hydrogen) atoms. The summed E-state index contributed by atoms with van der Waals surface area (Å²) in [6, 6.07) is 0. The van der Waals surface area contributed by atoms with Crippen molar-refractivity contribution in [2.75, 3.05) is 0 Å². The summed E-state index contributed by atoms with van der Waals surface area (Å²) >= 11 is 0. The van der Waals surface area contributed by atoms with Gasteiger partial charge in [-0.05, 0) is 6.92 Å². The molecule has 0 radical (unpaired) electrons. The third-order valence-electron chi connectivity index (χ3n) is 2.10. The highest BCUT2D eigenvalue weighted by Crippen LogP contribution is 2.09. The molecule has 0 bridgehead atoms. The summed E-state index contributed by atoms with van der Waals surface area (Å²) in [5.74, 6) is -1.13. The third kappa shape index (κ3) is 2.18. The first-order valence-corrected chi connectivity index (χ1v) is 4.26. The summed E-state index contributed by atoms with van der Waals surface area (Å²) in [6.07, 6.45) is 1.37. The number of carbonyl (C=O) groups is 2. The fourth-order valence-electron chi connectivity index (χ4n) is 1.13. The maximum atomic E-state index is 11.5. The van der Waals surface area contributed by atoms with Gasteiger partial charge in [0.2, 0.25) is 0 Å². The normalized spacial score (nSPS) is 10.1. The minimum absolute atomic E-state index is 0.0296. The summed E-state index contributed by atoms with van der Waals surface area (Å²) in [4.78, 5) is 21.7. The van der Waals surface area contributed by atoms with Gasteiger partial charge in [-0.3, -0.25) is 14.3 Å². The van der Waals surface area contributed by atoms with Crippen molar-refractivity contribution in [3.05, 3.63) is 17.5 Å². The van der Waals surface area contributed by atoms with E-state index >= 15 is 0 Å². The van der Waals surface area contributed by atoms with Gasteiger partial charge in [-0.15, -0.1) is 0 Å². The van der Waals surface area contributed by atoms with Gasteiger partial charge in [-0.2, -0.15) is 5.10 Å². The number of nitrogens with zero attached hydrogens (tertiary/aromatic N) is 2. The topological polar surface area (TPSA) is 72.2 Å². The fraction of sp³-hybridized carbons (Fsp3) is 0.444. The lowest BCUT2D eigenvalue weighted by molar-refractivity contribution is -0.136. The highest BCUT2D eigenvalue weighted by Gasteiger charge is 2.13. The van der Waals surface area contributed by atoms with Crippen LogP contribution in [0, 0.1) is 6.92 Å². The average Bonchev–Trinajstić information content (AvgIpc) is 2.44. The number of aryl methyl sites for hydroxylation is 1. The van der Waals surface area contributed by atoms with Crippen LogP contribution in [0.25, 0.3) is 0 Å². The maximum Gasteiger partial charge on any atom is 0.303 e. The second-order valence-corrected chi connectivity index (χ2v) is 3.08. The molecule has 0 aliphatic rings. The van der Waals surface area contributed by atoms with E-state index in [2.05, 4.69) is 5.10 Å². The predicted octanol–water partition coefficient (Wildman–Crippen LogP) is 0.776. The molecule has 0 spiro atoms. The van der Waals surface area contributed by atoms with Gasteiger partial charge in [0.05, 0.1) is 18.2 Å². The quantitative estimate of drug-likeness (QED) is 0.722. The van der Waals surface area contributed by atoms with Crippen molar-refractivity contribution in [1.29, 1.82) is 0 Å². The van der Waals surface area contributed by atoms with Gasteiger partial charge in [-0.25, -0.2) is 0 Å². The molecule has 5 heteroatoms. The van der Waals surface area contributed by atoms with E-state index in [0.29, 0.717) is 5.56 Å². The van der Waals surface area contributed by atoms with Crippen LogP contribution in [0.3, 0.4) is 0 Å². The molecule has 0 aromatic carbocycles. The first-order valence-electron chi connectivity index (χ1n) is 4.26. The van der Waals surface area contributed by atoms with E-state index in [0.717, 1.165) is 5.69 Å². The van der Waals surface area contributed by atoms with Crippen LogP contribution in [0.2, 0.25) is 0 Å². The Kier molecular flexibility index (Phi) is 3.01. The summed E-state index contributed by atoms with van der Waals surface area (Å²) in [7, 11) is 1.74. The standard InChI is InChI=1S/C9H12N2O3/c1-6-7(5-10-11(6)2)8(12)3-4-9(13)14/h5H,3-4H2,1-2H3,(H,13,14). The van der Waals surface area contributed by atoms with Crippen molar-refractivity contribution in [3.8, 4) is 0 Å². The zero-order chi connectivity index (χ0) is 10.7. The zero-order valence-corrected chi connectivity index (χ0v) is 8.15. The minimum atomic E-state index is -0.958. The molecule has 0 atom stereocenters. The van der Waals surface area contributed by atoms with E-state index in [1.807, 2.05) is 0 Å². The van der Waals surface area contributed by atoms with Crippen LogP contribution < -0.4 is 0 Å². The van der Waals surface area contributed by atoms with Crippen molar-refractivity contribution in [2.24, 2.45) is 7.05 Å². The fourth-order valence-corrected chi connectivity index (χ4v) is 1.13. The van der Waals surface area contributed by atoms with Gasteiger partial charge in [0.15, 0.2) is 5.78 Å². The highest BCUT2D eigenvalue weighted by atomic mass is 16.4. The Bertz CT molecular complexity index is 368. The lowest BCUT2D eigenvalue weighted by Crippen LogP contribution is -2.05. The molecule has 0 fully saturated rings. The first kappa shape index (κ1) is 10.4. The van der Waals surface area contributed by atoms with Gasteiger partial charge in [0.1, 0.15) is 0 Å². The zero-order valence-electron chi connectivity index (χ0n) is 8.15. The molecule has 1 N–H and O–H groups in total. The molecule has 0 aliphatic carbocycles. The van der Waals surface area contributed by atoms with Crippen LogP contribution in [0.1, 0.15) is 28.9 Å². The van der Waals surface area contributed by atoms with Crippen LogP contribution in [0.5, 0.6) is 0 Å². The van der Waals surface area contributed by atoms with Crippen LogP contribution in [-0.2, 0) is 11.8 Å². The Balaban J connectivity index is 2.70. The number of carbonyl (C=O) groups excluding carboxylic acids is 1. The Labute approximate surface area is 81.3 Å². The molecule has 0 saturated heterocycles. The van der Waals surface area contributed by atoms with Crippen molar-refractivity contribution >= 4 is 11.8 Å². The van der Waals surface area contributed by atoms with Crippen molar-refractivity contribution in [1.82, 2.24) is 9.78 Å². The molecule has 1 aromatic rings. The van der Waals surface area contributed by atoms with E-state index in [9.17, 15) is 9.59 Å². The van der Waals surface area contributed by atoms with Crippen molar-refractivity contribution in [2.45, 2.75) is 19.8 Å². The van der Waals surface area contributed by atoms with Crippen LogP contribution >= 0.6 is 0 Å². The first-order chi connectivity index (χ1) is 6.52. The smallest absolute Gasteiger partial charge is 0.303 e. The van der Waals surface area contributed by atoms with E-state index in [-0.39, 0.29) is 18.6 Å². The molecular weight excluding hydrogens is 184 g/mol. The number of carboxylic acids is 1. The van der Waals surface area contributed by atoms with Gasteiger partial charge < -0.3 is 5.11 Å². The Morgan fingerprint density at radius 2 is 2.14 bits per heavy atom. The van der Waals surface area contributed by atoms with Gasteiger partial charge in [0, 0.05) is 19.2 Å². The van der Waals surface area contributed by atoms with E-state index < -0.39 is 5.97 Å². The molecule has 0 unspecified atom stereocenters. The van der Waals surface area contributed by atoms with Crippen molar-refractivity contribution in [3.63, 3.8) is 0 Å². The predicted molar refractivity (Wildman–Crippen MR) is 49.1 cm³/mol. The largest absolute Gasteiger partial charge is 0.481 e. The van der Waals surface area contributed by atoms with Crippen LogP contribution in [0.15, 0.2) is 6.20 Å². The van der Waals surface area contributed by atoms with Gasteiger partial charge in [-0.1, -0.05) is 0 Å². The summed E-state index contributed by atoms with van der Waals surface area (Å²) in [6.45, 7) is 1.78. The molecule has 5 nitrogen and oxygen atoms in total. The molecule has 76 valence electrons. The number of rotatable bonds is 4. The lowest BCUT2D eigenvalue weighted by atomic mass is 10.1. The van der Waals surface area contributed by atoms with E-state index in [4.69, 9.17) is 5.11 Å². The second-order valence-electron chi connectivity index (χ2n) is 3.08. The molecule has 1 aromatic heterocycles. The number of aliphatic carboxylic acids is 1. The van der Waals surface area contributed by atoms with E-state index in [1.54, 1.807) is 18.7 Å². The SMILES string of the molecule is Cc1c(C(=O)CCC(=O)O)cnn1C. The molecule has 0 saturated carbocycles. The monoisotopic (exact) mass is 196 g/mol. The Morgan fingerprint density at radius 3 is 2.57 bits per heavy atom. The van der Waals surface area contributed by atoms with Crippen LogP contribution in [0.4, 0.5) is 0 Å². The third-order valence-corrected chi connectivity index (χ3v) is 2.10. The minimum Gasteiger partial charge on any atom is -0.481 e. The Hall–Kier alpha value is -1.65. The average molecular weight is 196 g/mol. The Morgan fingerprint density at radius 1 is 1.50 bits per heavy atom. The number of Topliss-reactive ketones (excluding diaryl/α,β-unsaturated/α-hetero) is 1. The number of hydrogen-bond donors (Lipinski definition) is 1. The van der Waals surface area contributed by atoms with Crippen molar-refractivity contribution < 1.29 is 14.7 Å². The highest BCUT2D eigenvalue weighted by molar-refractivity contribution is 5.98.